The van der Waals surface area contributed by atoms with Crippen molar-refractivity contribution in [2.45, 2.75) is 58.7 Å². The third-order valence-electron chi connectivity index (χ3n) is 4.95. The van der Waals surface area contributed by atoms with Gasteiger partial charge in [0.25, 0.3) is 0 Å². The highest BCUT2D eigenvalue weighted by atomic mass is 35.5. The van der Waals surface area contributed by atoms with Gasteiger partial charge in [-0.05, 0) is 49.1 Å². The van der Waals surface area contributed by atoms with Crippen molar-refractivity contribution in [2.24, 2.45) is 0 Å². The SMILES string of the molecule is CC[C@H](C)NC(=O)[C@H](CC)N(Cc1ccc(Cl)cc1)C(=O)Cc1ccccc1Cl. The molecule has 2 atom stereocenters. The number of rotatable bonds is 9. The number of hydrogen-bond acceptors (Lipinski definition) is 2. The maximum Gasteiger partial charge on any atom is 0.243 e. The maximum absolute atomic E-state index is 13.3. The summed E-state index contributed by atoms with van der Waals surface area (Å²) in [6.07, 6.45) is 1.48. The number of carbonyl (C=O) groups is 2. The first kappa shape index (κ1) is 23.2. The zero-order valence-corrected chi connectivity index (χ0v) is 18.6. The molecule has 0 aliphatic heterocycles. The molecule has 0 saturated carbocycles. The Labute approximate surface area is 183 Å². The Kier molecular flexibility index (Phi) is 8.99. The zero-order valence-electron chi connectivity index (χ0n) is 17.1. The van der Waals surface area contributed by atoms with E-state index in [1.165, 1.54) is 0 Å². The Hall–Kier alpha value is -2.04. The Bertz CT molecular complexity index is 824. The fourth-order valence-corrected chi connectivity index (χ4v) is 3.38. The van der Waals surface area contributed by atoms with Gasteiger partial charge >= 0.3 is 0 Å². The van der Waals surface area contributed by atoms with E-state index >= 15 is 0 Å². The number of hydrogen-bond donors (Lipinski definition) is 1. The minimum atomic E-state index is -0.560. The van der Waals surface area contributed by atoms with Gasteiger partial charge in [-0.15, -0.1) is 0 Å². The number of halogens is 2. The van der Waals surface area contributed by atoms with E-state index in [1.54, 1.807) is 23.1 Å². The minimum absolute atomic E-state index is 0.0487. The molecule has 4 nitrogen and oxygen atoms in total. The van der Waals surface area contributed by atoms with Gasteiger partial charge in [0.15, 0.2) is 0 Å². The van der Waals surface area contributed by atoms with Crippen molar-refractivity contribution >= 4 is 35.0 Å². The van der Waals surface area contributed by atoms with E-state index in [2.05, 4.69) is 5.32 Å². The van der Waals surface area contributed by atoms with Gasteiger partial charge in [-0.25, -0.2) is 0 Å². The summed E-state index contributed by atoms with van der Waals surface area (Å²) in [6, 6.07) is 14.1. The Morgan fingerprint density at radius 2 is 1.66 bits per heavy atom. The van der Waals surface area contributed by atoms with Crippen molar-refractivity contribution in [1.29, 1.82) is 0 Å². The van der Waals surface area contributed by atoms with Crippen LogP contribution in [0.25, 0.3) is 0 Å². The fourth-order valence-electron chi connectivity index (χ4n) is 3.05. The number of nitrogens with one attached hydrogen (secondary N) is 1. The lowest BCUT2D eigenvalue weighted by Crippen LogP contribution is -2.51. The summed E-state index contributed by atoms with van der Waals surface area (Å²) in [6.45, 7) is 6.21. The molecule has 2 rings (SSSR count). The average molecular weight is 435 g/mol. The van der Waals surface area contributed by atoms with E-state index in [-0.39, 0.29) is 24.3 Å². The highest BCUT2D eigenvalue weighted by Gasteiger charge is 2.29. The van der Waals surface area contributed by atoms with Crippen LogP contribution >= 0.6 is 23.2 Å². The molecule has 0 saturated heterocycles. The van der Waals surface area contributed by atoms with Crippen LogP contribution in [-0.4, -0.2) is 28.8 Å². The van der Waals surface area contributed by atoms with E-state index in [9.17, 15) is 9.59 Å². The van der Waals surface area contributed by atoms with E-state index < -0.39 is 6.04 Å². The van der Waals surface area contributed by atoms with Crippen LogP contribution in [0.1, 0.15) is 44.7 Å². The summed E-state index contributed by atoms with van der Waals surface area (Å²) in [5.74, 6) is -0.275. The van der Waals surface area contributed by atoms with Gasteiger partial charge in [-0.2, -0.15) is 0 Å². The first-order valence-corrected chi connectivity index (χ1v) is 10.7. The molecule has 0 aliphatic rings. The van der Waals surface area contributed by atoms with E-state index in [0.29, 0.717) is 23.0 Å². The lowest BCUT2D eigenvalue weighted by Gasteiger charge is -2.31. The Balaban J connectivity index is 2.29. The van der Waals surface area contributed by atoms with Crippen LogP contribution in [0, 0.1) is 0 Å². The van der Waals surface area contributed by atoms with Crippen LogP contribution in [0.15, 0.2) is 48.5 Å². The van der Waals surface area contributed by atoms with E-state index in [1.807, 2.05) is 51.1 Å². The molecule has 0 unspecified atom stereocenters. The summed E-state index contributed by atoms with van der Waals surface area (Å²) in [7, 11) is 0. The highest BCUT2D eigenvalue weighted by molar-refractivity contribution is 6.31. The number of benzene rings is 2. The molecule has 0 aromatic heterocycles. The molecule has 0 radical (unpaired) electrons. The van der Waals surface area contributed by atoms with Crippen LogP contribution in [0.3, 0.4) is 0 Å². The fraction of sp³-hybridized carbons (Fsp3) is 0.391. The second-order valence-electron chi connectivity index (χ2n) is 7.16. The molecule has 2 aromatic rings. The van der Waals surface area contributed by atoms with Crippen LogP contribution < -0.4 is 5.32 Å². The lowest BCUT2D eigenvalue weighted by molar-refractivity contribution is -0.141. The maximum atomic E-state index is 13.3. The lowest BCUT2D eigenvalue weighted by atomic mass is 10.1. The second kappa shape index (κ2) is 11.2. The largest absolute Gasteiger partial charge is 0.352 e. The Morgan fingerprint density at radius 3 is 2.24 bits per heavy atom. The van der Waals surface area contributed by atoms with Gasteiger partial charge in [-0.1, -0.05) is 67.4 Å². The van der Waals surface area contributed by atoms with Crippen LogP contribution in [0.2, 0.25) is 10.0 Å². The molecule has 0 bridgehead atoms. The van der Waals surface area contributed by atoms with E-state index in [4.69, 9.17) is 23.2 Å². The Morgan fingerprint density at radius 1 is 1.00 bits per heavy atom. The first-order valence-electron chi connectivity index (χ1n) is 9.93. The van der Waals surface area contributed by atoms with Gasteiger partial charge in [-0.3, -0.25) is 9.59 Å². The number of carbonyl (C=O) groups excluding carboxylic acids is 2. The van der Waals surface area contributed by atoms with Crippen molar-refractivity contribution in [3.05, 3.63) is 69.7 Å². The number of nitrogens with zero attached hydrogens (tertiary/aromatic N) is 1. The molecule has 2 amide bonds. The normalized spacial score (nSPS) is 12.9. The summed E-state index contributed by atoms with van der Waals surface area (Å²) in [5.41, 5.74) is 1.66. The van der Waals surface area contributed by atoms with Gasteiger partial charge in [0.05, 0.1) is 6.42 Å². The molecule has 156 valence electrons. The second-order valence-corrected chi connectivity index (χ2v) is 8.00. The van der Waals surface area contributed by atoms with Crippen LogP contribution in [0.4, 0.5) is 0 Å². The highest BCUT2D eigenvalue weighted by Crippen LogP contribution is 2.20. The van der Waals surface area contributed by atoms with Gasteiger partial charge < -0.3 is 10.2 Å². The first-order chi connectivity index (χ1) is 13.8. The predicted octanol–water partition coefficient (Wildman–Crippen LogP) is 5.26. The molecule has 2 aromatic carbocycles. The van der Waals surface area contributed by atoms with Crippen LogP contribution in [0.5, 0.6) is 0 Å². The molecule has 0 spiro atoms. The summed E-state index contributed by atoms with van der Waals surface area (Å²) < 4.78 is 0. The van der Waals surface area contributed by atoms with Crippen molar-refractivity contribution in [3.63, 3.8) is 0 Å². The van der Waals surface area contributed by atoms with Gasteiger partial charge in [0, 0.05) is 22.6 Å². The van der Waals surface area contributed by atoms with Gasteiger partial charge in [0.1, 0.15) is 6.04 Å². The molecule has 6 heteroatoms. The van der Waals surface area contributed by atoms with Crippen molar-refractivity contribution in [3.8, 4) is 0 Å². The topological polar surface area (TPSA) is 49.4 Å². The minimum Gasteiger partial charge on any atom is -0.352 e. The van der Waals surface area contributed by atoms with Crippen molar-refractivity contribution in [2.75, 3.05) is 0 Å². The predicted molar refractivity (Wildman–Crippen MR) is 119 cm³/mol. The summed E-state index contributed by atoms with van der Waals surface area (Å²) >= 11 is 12.2. The quantitative estimate of drug-likeness (QED) is 0.584. The van der Waals surface area contributed by atoms with E-state index in [0.717, 1.165) is 17.5 Å². The van der Waals surface area contributed by atoms with Crippen molar-refractivity contribution < 1.29 is 9.59 Å². The molecule has 0 heterocycles. The molecule has 0 fully saturated rings. The molecule has 29 heavy (non-hydrogen) atoms. The molecule has 0 aliphatic carbocycles. The average Bonchev–Trinajstić information content (AvgIpc) is 2.70. The summed E-state index contributed by atoms with van der Waals surface area (Å²) in [5, 5.41) is 4.18. The third-order valence-corrected chi connectivity index (χ3v) is 5.57. The van der Waals surface area contributed by atoms with Crippen molar-refractivity contribution in [1.82, 2.24) is 10.2 Å². The third kappa shape index (κ3) is 6.76. The molecular formula is C23H28Cl2N2O2. The van der Waals surface area contributed by atoms with Crippen LogP contribution in [-0.2, 0) is 22.6 Å². The monoisotopic (exact) mass is 434 g/mol. The smallest absolute Gasteiger partial charge is 0.243 e. The number of amides is 2. The molecular weight excluding hydrogens is 407 g/mol. The zero-order chi connectivity index (χ0) is 21.4. The standard InChI is InChI=1S/C23H28Cl2N2O2/c1-4-16(3)26-23(29)21(5-2)27(15-17-10-12-19(24)13-11-17)22(28)14-18-8-6-7-9-20(18)25/h6-13,16,21H,4-5,14-15H2,1-3H3,(H,26,29)/t16-,21-/m0/s1. The summed E-state index contributed by atoms with van der Waals surface area (Å²) in [4.78, 5) is 27.8. The molecule has 1 N–H and O–H groups in total. The van der Waals surface area contributed by atoms with Gasteiger partial charge in [0.2, 0.25) is 11.8 Å².